The quantitative estimate of drug-likeness (QED) is 0.773. The van der Waals surface area contributed by atoms with Gasteiger partial charge in [0.05, 0.1) is 18.6 Å². The minimum atomic E-state index is -0.107. The zero-order valence-electron chi connectivity index (χ0n) is 10.1. The second kappa shape index (κ2) is 4.40. The molecule has 1 aromatic rings. The number of hydrogen-bond donors (Lipinski definition) is 0. The number of ether oxygens (including phenoxy) is 2. The smallest absolute Gasteiger partial charge is 0.0616 e. The Balaban J connectivity index is 2.48. The molecule has 16 heavy (non-hydrogen) atoms. The molecule has 0 aromatic heterocycles. The third-order valence-corrected chi connectivity index (χ3v) is 3.18. The molecular formula is C14H18O2. The molecule has 0 amide bonds. The fraction of sp³-hybridized carbons (Fsp3) is 0.429. The molecule has 0 bridgehead atoms. The van der Waals surface area contributed by atoms with Crippen molar-refractivity contribution in [1.82, 2.24) is 0 Å². The number of allylic oxidation sites excluding steroid dienone is 1. The summed E-state index contributed by atoms with van der Waals surface area (Å²) in [6, 6.07) is 8.48. The van der Waals surface area contributed by atoms with Crippen LogP contribution < -0.4 is 0 Å². The van der Waals surface area contributed by atoms with Gasteiger partial charge in [-0.15, -0.1) is 0 Å². The van der Waals surface area contributed by atoms with Crippen LogP contribution in [0.25, 0.3) is 5.57 Å². The highest BCUT2D eigenvalue weighted by molar-refractivity contribution is 5.75. The second-order valence-corrected chi connectivity index (χ2v) is 4.40. The minimum absolute atomic E-state index is 0.107. The zero-order valence-corrected chi connectivity index (χ0v) is 10.1. The summed E-state index contributed by atoms with van der Waals surface area (Å²) in [5.41, 5.74) is 3.84. The molecule has 2 nitrogen and oxygen atoms in total. The number of fused-ring (bicyclic) bond motifs is 1. The highest BCUT2D eigenvalue weighted by atomic mass is 16.5. The lowest BCUT2D eigenvalue weighted by atomic mass is 9.84. The molecule has 0 radical (unpaired) electrons. The fourth-order valence-corrected chi connectivity index (χ4v) is 2.63. The average Bonchev–Trinajstić information content (AvgIpc) is 2.55. The topological polar surface area (TPSA) is 18.5 Å². The van der Waals surface area contributed by atoms with Crippen molar-refractivity contribution in [3.63, 3.8) is 0 Å². The van der Waals surface area contributed by atoms with Gasteiger partial charge in [0.2, 0.25) is 0 Å². The molecule has 0 fully saturated rings. The van der Waals surface area contributed by atoms with Crippen molar-refractivity contribution in [2.45, 2.75) is 12.3 Å². The van der Waals surface area contributed by atoms with Crippen LogP contribution >= 0.6 is 0 Å². The summed E-state index contributed by atoms with van der Waals surface area (Å²) in [4.78, 5) is 0. The molecule has 2 rings (SSSR count). The Morgan fingerprint density at radius 2 is 1.69 bits per heavy atom. The van der Waals surface area contributed by atoms with E-state index in [0.29, 0.717) is 13.2 Å². The van der Waals surface area contributed by atoms with E-state index in [0.717, 1.165) is 0 Å². The highest BCUT2D eigenvalue weighted by Gasteiger charge is 2.36. The minimum Gasteiger partial charge on any atom is -0.383 e. The Hall–Kier alpha value is -1.12. The van der Waals surface area contributed by atoms with E-state index in [9.17, 15) is 0 Å². The number of benzene rings is 1. The van der Waals surface area contributed by atoms with Crippen molar-refractivity contribution >= 4 is 5.57 Å². The second-order valence-electron chi connectivity index (χ2n) is 4.40. The van der Waals surface area contributed by atoms with E-state index in [-0.39, 0.29) is 5.41 Å². The van der Waals surface area contributed by atoms with Crippen LogP contribution in [-0.2, 0) is 14.9 Å². The van der Waals surface area contributed by atoms with Gasteiger partial charge in [-0.05, 0) is 23.6 Å². The molecule has 0 N–H and O–H groups in total. The monoisotopic (exact) mass is 218 g/mol. The van der Waals surface area contributed by atoms with Crippen LogP contribution in [0.4, 0.5) is 0 Å². The van der Waals surface area contributed by atoms with E-state index in [1.54, 1.807) is 14.2 Å². The maximum absolute atomic E-state index is 5.36. The van der Waals surface area contributed by atoms with Gasteiger partial charge in [0.15, 0.2) is 0 Å². The summed E-state index contributed by atoms with van der Waals surface area (Å²) >= 11 is 0. The largest absolute Gasteiger partial charge is 0.383 e. The van der Waals surface area contributed by atoms with E-state index in [1.165, 1.54) is 16.7 Å². The maximum atomic E-state index is 5.36. The molecule has 0 unspecified atom stereocenters. The molecule has 86 valence electrons. The van der Waals surface area contributed by atoms with Gasteiger partial charge < -0.3 is 9.47 Å². The molecule has 0 aliphatic heterocycles. The number of rotatable bonds is 4. The van der Waals surface area contributed by atoms with Crippen LogP contribution in [0.1, 0.15) is 18.1 Å². The van der Waals surface area contributed by atoms with Gasteiger partial charge in [-0.1, -0.05) is 30.3 Å². The predicted molar refractivity (Wildman–Crippen MR) is 65.5 cm³/mol. The zero-order chi connectivity index (χ0) is 11.6. The molecule has 1 aliphatic rings. The van der Waals surface area contributed by atoms with Crippen molar-refractivity contribution in [3.8, 4) is 0 Å². The van der Waals surface area contributed by atoms with Gasteiger partial charge in [0, 0.05) is 14.2 Å². The molecule has 1 aliphatic carbocycles. The summed E-state index contributed by atoms with van der Waals surface area (Å²) in [6.45, 7) is 3.47. The van der Waals surface area contributed by atoms with Gasteiger partial charge in [-0.2, -0.15) is 0 Å². The predicted octanol–water partition coefficient (Wildman–Crippen LogP) is 2.63. The van der Waals surface area contributed by atoms with E-state index >= 15 is 0 Å². The third-order valence-electron chi connectivity index (χ3n) is 3.18. The first-order valence-electron chi connectivity index (χ1n) is 5.51. The number of methoxy groups -OCH3 is 2. The Bertz CT molecular complexity index is 401. The Morgan fingerprint density at radius 1 is 1.06 bits per heavy atom. The first kappa shape index (κ1) is 11.4. The van der Waals surface area contributed by atoms with Crippen LogP contribution in [0.2, 0.25) is 0 Å². The maximum Gasteiger partial charge on any atom is 0.0616 e. The fourth-order valence-electron chi connectivity index (χ4n) is 2.63. The summed E-state index contributed by atoms with van der Waals surface area (Å²) < 4.78 is 10.7. The summed E-state index contributed by atoms with van der Waals surface area (Å²) in [5, 5.41) is 0. The molecule has 0 saturated carbocycles. The van der Waals surface area contributed by atoms with E-state index in [2.05, 4.69) is 37.3 Å². The molecule has 0 atom stereocenters. The van der Waals surface area contributed by atoms with Crippen molar-refractivity contribution < 1.29 is 9.47 Å². The number of hydrogen-bond acceptors (Lipinski definition) is 2. The SMILES string of the molecule is COCC1(COC)C=C(C)c2ccccc21. The standard InChI is InChI=1S/C14H18O2/c1-11-8-14(9-15-2,10-16-3)13-7-5-4-6-12(11)13/h4-8H,9-10H2,1-3H3. The van der Waals surface area contributed by atoms with Crippen LogP contribution in [0.15, 0.2) is 30.3 Å². The van der Waals surface area contributed by atoms with Crippen LogP contribution in [0, 0.1) is 0 Å². The lowest BCUT2D eigenvalue weighted by molar-refractivity contribution is 0.0844. The van der Waals surface area contributed by atoms with E-state index in [1.807, 2.05) is 0 Å². The summed E-state index contributed by atoms with van der Waals surface area (Å²) in [5.74, 6) is 0. The third kappa shape index (κ3) is 1.68. The normalized spacial score (nSPS) is 17.1. The average molecular weight is 218 g/mol. The van der Waals surface area contributed by atoms with Crippen molar-refractivity contribution in [3.05, 3.63) is 41.5 Å². The molecule has 2 heteroatoms. The lowest BCUT2D eigenvalue weighted by Gasteiger charge is -2.27. The van der Waals surface area contributed by atoms with Crippen LogP contribution in [0.3, 0.4) is 0 Å². The van der Waals surface area contributed by atoms with Crippen LogP contribution in [-0.4, -0.2) is 27.4 Å². The highest BCUT2D eigenvalue weighted by Crippen LogP contribution is 2.40. The first-order valence-corrected chi connectivity index (χ1v) is 5.51. The summed E-state index contributed by atoms with van der Waals surface area (Å²) in [6.07, 6.45) is 2.27. The van der Waals surface area contributed by atoms with Crippen molar-refractivity contribution in [2.24, 2.45) is 0 Å². The molecular weight excluding hydrogens is 200 g/mol. The lowest BCUT2D eigenvalue weighted by Crippen LogP contribution is -2.33. The van der Waals surface area contributed by atoms with Crippen molar-refractivity contribution in [1.29, 1.82) is 0 Å². The van der Waals surface area contributed by atoms with Gasteiger partial charge in [0.25, 0.3) is 0 Å². The van der Waals surface area contributed by atoms with Gasteiger partial charge >= 0.3 is 0 Å². The first-order chi connectivity index (χ1) is 7.73. The molecule has 0 spiro atoms. The van der Waals surface area contributed by atoms with E-state index < -0.39 is 0 Å². The van der Waals surface area contributed by atoms with Crippen molar-refractivity contribution in [2.75, 3.05) is 27.4 Å². The molecule has 0 saturated heterocycles. The van der Waals surface area contributed by atoms with Gasteiger partial charge in [-0.25, -0.2) is 0 Å². The summed E-state index contributed by atoms with van der Waals surface area (Å²) in [7, 11) is 3.48. The Labute approximate surface area is 96.9 Å². The Morgan fingerprint density at radius 3 is 2.31 bits per heavy atom. The Kier molecular flexibility index (Phi) is 3.13. The van der Waals surface area contributed by atoms with E-state index in [4.69, 9.17) is 9.47 Å². The van der Waals surface area contributed by atoms with Crippen LogP contribution in [0.5, 0.6) is 0 Å². The molecule has 0 heterocycles. The van der Waals surface area contributed by atoms with Gasteiger partial charge in [-0.3, -0.25) is 0 Å². The molecule has 1 aromatic carbocycles. The van der Waals surface area contributed by atoms with Gasteiger partial charge in [0.1, 0.15) is 0 Å².